The molecule has 0 aromatic heterocycles. The van der Waals surface area contributed by atoms with Crippen LogP contribution in [-0.4, -0.2) is 24.9 Å². The number of hydrogen-bond acceptors (Lipinski definition) is 3. The molecule has 21 heavy (non-hydrogen) atoms. The Bertz CT molecular complexity index is 446. The third-order valence-corrected chi connectivity index (χ3v) is 5.06. The Morgan fingerprint density at radius 2 is 2.10 bits per heavy atom. The molecule has 1 unspecified atom stereocenters. The van der Waals surface area contributed by atoms with Crippen molar-refractivity contribution >= 4 is 0 Å². The number of hydrogen-bond donors (Lipinski definition) is 2. The molecule has 1 heterocycles. The number of aliphatic hydroxyl groups is 1. The lowest BCUT2D eigenvalue weighted by Crippen LogP contribution is -2.38. The van der Waals surface area contributed by atoms with Gasteiger partial charge in [0.1, 0.15) is 5.75 Å². The molecule has 0 aliphatic carbocycles. The fraction of sp³-hybridized carbons (Fsp3) is 0.667. The standard InChI is InChI=1S/C18H29NO2/c1-4-18(5-2,13-20)12-19-16-10-7-11-21-17-14(3)8-6-9-15(16)17/h6,8-9,16,19-20H,4-5,7,10-13H2,1-3H3. The zero-order valence-corrected chi connectivity index (χ0v) is 13.6. The van der Waals surface area contributed by atoms with Crippen LogP contribution >= 0.6 is 0 Å². The number of aryl methyl sites for hydroxylation is 1. The molecule has 2 N–H and O–H groups in total. The maximum atomic E-state index is 9.74. The average Bonchev–Trinajstić information content (AvgIpc) is 2.73. The maximum absolute atomic E-state index is 9.74. The van der Waals surface area contributed by atoms with Gasteiger partial charge in [-0.15, -0.1) is 0 Å². The smallest absolute Gasteiger partial charge is 0.126 e. The number of para-hydroxylation sites is 1. The highest BCUT2D eigenvalue weighted by Crippen LogP contribution is 2.35. The van der Waals surface area contributed by atoms with E-state index in [-0.39, 0.29) is 12.0 Å². The van der Waals surface area contributed by atoms with Crippen LogP contribution < -0.4 is 10.1 Å². The molecule has 1 aliphatic rings. The molecule has 0 saturated heterocycles. The van der Waals surface area contributed by atoms with E-state index in [9.17, 15) is 5.11 Å². The van der Waals surface area contributed by atoms with Crippen LogP contribution in [0.2, 0.25) is 0 Å². The Balaban J connectivity index is 2.16. The molecule has 2 rings (SSSR count). The van der Waals surface area contributed by atoms with Gasteiger partial charge in [-0.25, -0.2) is 0 Å². The summed E-state index contributed by atoms with van der Waals surface area (Å²) in [5.41, 5.74) is 2.48. The zero-order chi connectivity index (χ0) is 15.3. The van der Waals surface area contributed by atoms with Gasteiger partial charge in [-0.1, -0.05) is 32.0 Å². The number of benzene rings is 1. The zero-order valence-electron chi connectivity index (χ0n) is 13.6. The summed E-state index contributed by atoms with van der Waals surface area (Å²) in [4.78, 5) is 0. The molecule has 3 nitrogen and oxygen atoms in total. The van der Waals surface area contributed by atoms with Crippen molar-refractivity contribution in [2.45, 2.75) is 52.5 Å². The molecule has 1 aliphatic heterocycles. The molecule has 118 valence electrons. The molecule has 0 amide bonds. The van der Waals surface area contributed by atoms with E-state index in [1.807, 2.05) is 0 Å². The molecule has 0 radical (unpaired) electrons. The number of ether oxygens (including phenoxy) is 1. The summed E-state index contributed by atoms with van der Waals surface area (Å²) in [6.07, 6.45) is 4.15. The van der Waals surface area contributed by atoms with Crippen molar-refractivity contribution < 1.29 is 9.84 Å². The molecule has 1 atom stereocenters. The summed E-state index contributed by atoms with van der Waals surface area (Å²) >= 11 is 0. The second-order valence-electron chi connectivity index (χ2n) is 6.28. The first-order valence-electron chi connectivity index (χ1n) is 8.22. The first-order valence-corrected chi connectivity index (χ1v) is 8.22. The van der Waals surface area contributed by atoms with Gasteiger partial charge in [0.2, 0.25) is 0 Å². The number of fused-ring (bicyclic) bond motifs is 1. The Morgan fingerprint density at radius 3 is 2.76 bits per heavy atom. The predicted octanol–water partition coefficient (Wildman–Crippen LogP) is 3.60. The monoisotopic (exact) mass is 291 g/mol. The van der Waals surface area contributed by atoms with Gasteiger partial charge in [0, 0.05) is 30.2 Å². The van der Waals surface area contributed by atoms with Crippen LogP contribution in [0.4, 0.5) is 0 Å². The van der Waals surface area contributed by atoms with Crippen molar-refractivity contribution in [3.05, 3.63) is 29.3 Å². The minimum atomic E-state index is -0.00283. The Labute approximate surface area is 128 Å². The van der Waals surface area contributed by atoms with Gasteiger partial charge in [-0.05, 0) is 38.2 Å². The highest BCUT2D eigenvalue weighted by atomic mass is 16.5. The van der Waals surface area contributed by atoms with E-state index in [0.29, 0.717) is 6.04 Å². The van der Waals surface area contributed by atoms with Gasteiger partial charge in [0.25, 0.3) is 0 Å². The summed E-state index contributed by atoms with van der Waals surface area (Å²) in [6, 6.07) is 6.71. The van der Waals surface area contributed by atoms with Crippen molar-refractivity contribution in [1.82, 2.24) is 5.32 Å². The van der Waals surface area contributed by atoms with Crippen molar-refractivity contribution in [3.63, 3.8) is 0 Å². The van der Waals surface area contributed by atoms with E-state index in [1.54, 1.807) is 0 Å². The van der Waals surface area contributed by atoms with E-state index in [1.165, 1.54) is 11.1 Å². The fourth-order valence-corrected chi connectivity index (χ4v) is 3.10. The fourth-order valence-electron chi connectivity index (χ4n) is 3.10. The van der Waals surface area contributed by atoms with E-state index in [2.05, 4.69) is 44.3 Å². The van der Waals surface area contributed by atoms with Gasteiger partial charge in [0.15, 0.2) is 0 Å². The van der Waals surface area contributed by atoms with Gasteiger partial charge in [-0.3, -0.25) is 0 Å². The van der Waals surface area contributed by atoms with Crippen LogP contribution in [0.1, 0.15) is 56.7 Å². The number of nitrogens with one attached hydrogen (secondary N) is 1. The average molecular weight is 291 g/mol. The van der Waals surface area contributed by atoms with Crippen LogP contribution in [0.5, 0.6) is 5.75 Å². The maximum Gasteiger partial charge on any atom is 0.126 e. The van der Waals surface area contributed by atoms with Crippen molar-refractivity contribution in [3.8, 4) is 5.75 Å². The van der Waals surface area contributed by atoms with Gasteiger partial charge < -0.3 is 15.2 Å². The Morgan fingerprint density at radius 1 is 1.33 bits per heavy atom. The SMILES string of the molecule is CCC(CC)(CO)CNC1CCCOc2c(C)cccc21. The van der Waals surface area contributed by atoms with Crippen molar-refractivity contribution in [2.75, 3.05) is 19.8 Å². The lowest BCUT2D eigenvalue weighted by Gasteiger charge is -2.32. The van der Waals surface area contributed by atoms with Gasteiger partial charge in [0.05, 0.1) is 6.61 Å². The second kappa shape index (κ2) is 7.28. The van der Waals surface area contributed by atoms with Crippen LogP contribution in [0.25, 0.3) is 0 Å². The highest BCUT2D eigenvalue weighted by molar-refractivity contribution is 5.43. The highest BCUT2D eigenvalue weighted by Gasteiger charge is 2.28. The molecule has 0 spiro atoms. The first kappa shape index (κ1) is 16.3. The molecule has 0 bridgehead atoms. The van der Waals surface area contributed by atoms with E-state index in [0.717, 1.165) is 44.6 Å². The molecule has 0 saturated carbocycles. The third kappa shape index (κ3) is 3.58. The molecule has 1 aromatic carbocycles. The minimum Gasteiger partial charge on any atom is -0.493 e. The molecular formula is C18H29NO2. The minimum absolute atomic E-state index is 0.00283. The largest absolute Gasteiger partial charge is 0.493 e. The topological polar surface area (TPSA) is 41.5 Å². The molecular weight excluding hydrogens is 262 g/mol. The van der Waals surface area contributed by atoms with Crippen molar-refractivity contribution in [2.24, 2.45) is 5.41 Å². The summed E-state index contributed by atoms with van der Waals surface area (Å²) < 4.78 is 5.93. The van der Waals surface area contributed by atoms with E-state index >= 15 is 0 Å². The normalized spacial score (nSPS) is 18.8. The van der Waals surface area contributed by atoms with Crippen molar-refractivity contribution in [1.29, 1.82) is 0 Å². The lowest BCUT2D eigenvalue weighted by molar-refractivity contribution is 0.109. The Hall–Kier alpha value is -1.06. The van der Waals surface area contributed by atoms with Crippen LogP contribution in [0, 0.1) is 12.3 Å². The number of aliphatic hydroxyl groups excluding tert-OH is 1. The number of rotatable bonds is 6. The summed E-state index contributed by atoms with van der Waals surface area (Å²) in [5, 5.41) is 13.4. The van der Waals surface area contributed by atoms with Crippen LogP contribution in [0.15, 0.2) is 18.2 Å². The third-order valence-electron chi connectivity index (χ3n) is 5.06. The summed E-state index contributed by atoms with van der Waals surface area (Å²) in [6.45, 7) is 8.33. The molecule has 0 fully saturated rings. The summed E-state index contributed by atoms with van der Waals surface area (Å²) in [7, 11) is 0. The van der Waals surface area contributed by atoms with Gasteiger partial charge in [-0.2, -0.15) is 0 Å². The van der Waals surface area contributed by atoms with Crippen LogP contribution in [-0.2, 0) is 0 Å². The quantitative estimate of drug-likeness (QED) is 0.841. The van der Waals surface area contributed by atoms with Crippen LogP contribution in [0.3, 0.4) is 0 Å². The van der Waals surface area contributed by atoms with E-state index in [4.69, 9.17) is 4.74 Å². The molecule has 1 aromatic rings. The molecule has 3 heteroatoms. The summed E-state index contributed by atoms with van der Waals surface area (Å²) in [5.74, 6) is 1.05. The second-order valence-corrected chi connectivity index (χ2v) is 6.28. The lowest BCUT2D eigenvalue weighted by atomic mass is 9.82. The van der Waals surface area contributed by atoms with Gasteiger partial charge >= 0.3 is 0 Å². The predicted molar refractivity (Wildman–Crippen MR) is 86.8 cm³/mol. The Kier molecular flexibility index (Phi) is 5.65. The van der Waals surface area contributed by atoms with E-state index < -0.39 is 0 Å². The first-order chi connectivity index (χ1) is 10.2.